The van der Waals surface area contributed by atoms with E-state index in [1.165, 1.54) is 0 Å². The van der Waals surface area contributed by atoms with Gasteiger partial charge in [0, 0.05) is 11.5 Å². The Morgan fingerprint density at radius 1 is 1.12 bits per heavy atom. The topological polar surface area (TPSA) is 65.7 Å². The predicted octanol–water partition coefficient (Wildman–Crippen LogP) is 3.67. The number of benzene rings is 2. The fourth-order valence-corrected chi connectivity index (χ4v) is 2.51. The summed E-state index contributed by atoms with van der Waals surface area (Å²) < 4.78 is 16.0. The molecule has 5 heteroatoms. The number of rotatable bonds is 5. The summed E-state index contributed by atoms with van der Waals surface area (Å²) in [6.45, 7) is 3.92. The van der Waals surface area contributed by atoms with Gasteiger partial charge in [-0.25, -0.2) is 9.59 Å². The molecule has 0 aliphatic carbocycles. The van der Waals surface area contributed by atoms with Gasteiger partial charge >= 0.3 is 11.6 Å². The minimum atomic E-state index is -0.735. The number of ether oxygens (including phenoxy) is 2. The summed E-state index contributed by atoms with van der Waals surface area (Å²) >= 11 is 0. The molecule has 1 heterocycles. The molecule has 0 aliphatic rings. The maximum atomic E-state index is 12.1. The van der Waals surface area contributed by atoms with Crippen molar-refractivity contribution in [3.05, 3.63) is 52.9 Å². The molecule has 0 fully saturated rings. The second-order valence-electron chi connectivity index (χ2n) is 5.52. The van der Waals surface area contributed by atoms with Gasteiger partial charge in [-0.15, -0.1) is 0 Å². The van der Waals surface area contributed by atoms with Gasteiger partial charge in [-0.2, -0.15) is 0 Å². The molecule has 0 spiro atoms. The molecule has 0 unspecified atom stereocenters. The normalized spacial score (nSPS) is 12.2. The summed E-state index contributed by atoms with van der Waals surface area (Å²) in [4.78, 5) is 23.8. The van der Waals surface area contributed by atoms with Crippen LogP contribution in [-0.4, -0.2) is 18.7 Å². The molecule has 0 bridgehead atoms. The third-order valence-electron chi connectivity index (χ3n) is 3.69. The molecule has 124 valence electrons. The van der Waals surface area contributed by atoms with Crippen molar-refractivity contribution in [2.24, 2.45) is 0 Å². The van der Waals surface area contributed by atoms with E-state index in [-0.39, 0.29) is 0 Å². The van der Waals surface area contributed by atoms with E-state index in [0.717, 1.165) is 17.2 Å². The highest BCUT2D eigenvalue weighted by molar-refractivity contribution is 6.04. The van der Waals surface area contributed by atoms with Crippen LogP contribution in [0, 0.1) is 0 Å². The maximum Gasteiger partial charge on any atom is 0.347 e. The van der Waals surface area contributed by atoms with Gasteiger partial charge in [0.15, 0.2) is 6.10 Å². The van der Waals surface area contributed by atoms with Crippen LogP contribution < -0.4 is 10.4 Å². The van der Waals surface area contributed by atoms with E-state index in [4.69, 9.17) is 13.9 Å². The molecule has 1 aromatic heterocycles. The van der Waals surface area contributed by atoms with Gasteiger partial charge in [0.25, 0.3) is 0 Å². The van der Waals surface area contributed by atoms with E-state index < -0.39 is 17.7 Å². The van der Waals surface area contributed by atoms with Crippen LogP contribution in [0.3, 0.4) is 0 Å². The summed E-state index contributed by atoms with van der Waals surface area (Å²) in [5, 5.41) is 2.18. The Morgan fingerprint density at radius 2 is 1.88 bits per heavy atom. The van der Waals surface area contributed by atoms with Crippen LogP contribution in [0.2, 0.25) is 0 Å². The average molecular weight is 326 g/mol. The van der Waals surface area contributed by atoms with E-state index >= 15 is 0 Å². The maximum absolute atomic E-state index is 12.1. The van der Waals surface area contributed by atoms with E-state index in [1.54, 1.807) is 31.2 Å². The molecular formula is C19H18O5. The largest absolute Gasteiger partial charge is 0.479 e. The second-order valence-corrected chi connectivity index (χ2v) is 5.52. The van der Waals surface area contributed by atoms with Crippen molar-refractivity contribution in [2.75, 3.05) is 6.61 Å². The smallest absolute Gasteiger partial charge is 0.347 e. The highest BCUT2D eigenvalue weighted by Crippen LogP contribution is 2.26. The third kappa shape index (κ3) is 3.11. The Balaban J connectivity index is 1.93. The average Bonchev–Trinajstić information content (AvgIpc) is 2.59. The van der Waals surface area contributed by atoms with Crippen LogP contribution in [0.25, 0.3) is 21.7 Å². The Bertz CT molecular complexity index is 941. The monoisotopic (exact) mass is 326 g/mol. The highest BCUT2D eigenvalue weighted by Gasteiger charge is 2.17. The van der Waals surface area contributed by atoms with Crippen molar-refractivity contribution in [2.45, 2.75) is 26.4 Å². The lowest BCUT2D eigenvalue weighted by Gasteiger charge is -2.14. The lowest BCUT2D eigenvalue weighted by Crippen LogP contribution is -2.26. The summed E-state index contributed by atoms with van der Waals surface area (Å²) in [6, 6.07) is 12.5. The van der Waals surface area contributed by atoms with Crippen LogP contribution in [-0.2, 0) is 9.53 Å². The zero-order chi connectivity index (χ0) is 17.1. The first kappa shape index (κ1) is 16.1. The van der Waals surface area contributed by atoms with Crippen molar-refractivity contribution in [1.82, 2.24) is 0 Å². The van der Waals surface area contributed by atoms with Crippen LogP contribution in [0.4, 0.5) is 0 Å². The minimum absolute atomic E-state index is 0.366. The van der Waals surface area contributed by atoms with Gasteiger partial charge in [0.05, 0.1) is 12.0 Å². The standard InChI is InChI=1S/C19H18O5/c1-3-10-22-18(20)12(2)23-13-8-9-15-14-6-4-5-7-16(14)19(21)24-17(15)11-13/h4-9,11-12H,3,10H2,1-2H3/t12-/m0/s1. The Labute approximate surface area is 138 Å². The molecule has 0 saturated heterocycles. The number of carbonyl (C=O) groups excluding carboxylic acids is 1. The zero-order valence-electron chi connectivity index (χ0n) is 13.6. The number of fused-ring (bicyclic) bond motifs is 3. The van der Waals surface area contributed by atoms with Crippen molar-refractivity contribution < 1.29 is 18.7 Å². The Kier molecular flexibility index (Phi) is 4.51. The van der Waals surface area contributed by atoms with E-state index in [0.29, 0.717) is 23.3 Å². The van der Waals surface area contributed by atoms with Crippen molar-refractivity contribution in [3.8, 4) is 5.75 Å². The molecule has 3 rings (SSSR count). The van der Waals surface area contributed by atoms with E-state index in [1.807, 2.05) is 25.1 Å². The summed E-state index contributed by atoms with van der Waals surface area (Å²) in [5.74, 6) is 0.0267. The summed E-state index contributed by atoms with van der Waals surface area (Å²) in [7, 11) is 0. The van der Waals surface area contributed by atoms with Gasteiger partial charge in [-0.1, -0.05) is 25.1 Å². The molecule has 0 saturated carbocycles. The third-order valence-corrected chi connectivity index (χ3v) is 3.69. The first-order chi connectivity index (χ1) is 11.6. The van der Waals surface area contributed by atoms with Crippen LogP contribution in [0.15, 0.2) is 51.7 Å². The van der Waals surface area contributed by atoms with Crippen molar-refractivity contribution in [3.63, 3.8) is 0 Å². The van der Waals surface area contributed by atoms with Gasteiger partial charge in [0.1, 0.15) is 11.3 Å². The number of esters is 1. The first-order valence-corrected chi connectivity index (χ1v) is 7.89. The van der Waals surface area contributed by atoms with Crippen LogP contribution >= 0.6 is 0 Å². The molecule has 0 radical (unpaired) electrons. The number of hydrogen-bond acceptors (Lipinski definition) is 5. The fourth-order valence-electron chi connectivity index (χ4n) is 2.51. The summed E-state index contributed by atoms with van der Waals surface area (Å²) in [5.41, 5.74) is 0.0241. The number of carbonyl (C=O) groups is 1. The van der Waals surface area contributed by atoms with Crippen LogP contribution in [0.1, 0.15) is 20.3 Å². The van der Waals surface area contributed by atoms with E-state index in [9.17, 15) is 9.59 Å². The van der Waals surface area contributed by atoms with Gasteiger partial charge in [-0.3, -0.25) is 0 Å². The van der Waals surface area contributed by atoms with Crippen molar-refractivity contribution >= 4 is 27.7 Å². The number of hydrogen-bond donors (Lipinski definition) is 0. The molecule has 5 nitrogen and oxygen atoms in total. The molecule has 3 aromatic rings. The SMILES string of the molecule is CCCOC(=O)[C@H](C)Oc1ccc2c(c1)oc(=O)c1ccccc12. The van der Waals surface area contributed by atoms with Gasteiger partial charge < -0.3 is 13.9 Å². The molecule has 0 N–H and O–H groups in total. The molecule has 0 aliphatic heterocycles. The lowest BCUT2D eigenvalue weighted by atomic mass is 10.1. The fraction of sp³-hybridized carbons (Fsp3) is 0.263. The Morgan fingerprint density at radius 3 is 2.62 bits per heavy atom. The molecule has 2 aromatic carbocycles. The Hall–Kier alpha value is -2.82. The quantitative estimate of drug-likeness (QED) is 0.407. The van der Waals surface area contributed by atoms with Gasteiger partial charge in [-0.05, 0) is 36.9 Å². The molecule has 24 heavy (non-hydrogen) atoms. The van der Waals surface area contributed by atoms with Crippen LogP contribution in [0.5, 0.6) is 5.75 Å². The van der Waals surface area contributed by atoms with Gasteiger partial charge in [0.2, 0.25) is 0 Å². The molecule has 1 atom stereocenters. The highest BCUT2D eigenvalue weighted by atomic mass is 16.6. The molecular weight excluding hydrogens is 308 g/mol. The second kappa shape index (κ2) is 6.74. The minimum Gasteiger partial charge on any atom is -0.479 e. The lowest BCUT2D eigenvalue weighted by molar-refractivity contribution is -0.151. The molecule has 0 amide bonds. The zero-order valence-corrected chi connectivity index (χ0v) is 13.6. The predicted molar refractivity (Wildman–Crippen MR) is 91.3 cm³/mol. The first-order valence-electron chi connectivity index (χ1n) is 7.89. The van der Waals surface area contributed by atoms with E-state index in [2.05, 4.69) is 0 Å². The van der Waals surface area contributed by atoms with Crippen molar-refractivity contribution in [1.29, 1.82) is 0 Å². The summed E-state index contributed by atoms with van der Waals surface area (Å²) in [6.07, 6.45) is 0.0216.